The Balaban J connectivity index is 2.40. The fourth-order valence-corrected chi connectivity index (χ4v) is 3.91. The highest BCUT2D eigenvalue weighted by Gasteiger charge is 2.23. The number of benzene rings is 1. The number of para-hydroxylation sites is 1. The van der Waals surface area contributed by atoms with Gasteiger partial charge < -0.3 is 0 Å². The minimum absolute atomic E-state index is 0.140. The summed E-state index contributed by atoms with van der Waals surface area (Å²) in [5.74, 6) is 0. The molecule has 0 amide bonds. The summed E-state index contributed by atoms with van der Waals surface area (Å²) < 4.78 is 0. The minimum Gasteiger partial charge on any atom is -0.258 e. The number of allylic oxidation sites excluding steroid dienone is 2. The number of nitro benzene ring substituents is 1. The molecular formula is C13H14NO2S. The predicted molar refractivity (Wildman–Crippen MR) is 73.1 cm³/mol. The van der Waals surface area contributed by atoms with Crippen LogP contribution in [-0.4, -0.2) is 4.92 Å². The number of nitro groups is 1. The number of thiol groups is 1. The lowest BCUT2D eigenvalue weighted by atomic mass is 10.1. The summed E-state index contributed by atoms with van der Waals surface area (Å²) in [5, 5.41) is 15.4. The highest BCUT2D eigenvalue weighted by Crippen LogP contribution is 2.51. The van der Waals surface area contributed by atoms with Crippen LogP contribution in [-0.2, 0) is 0 Å². The largest absolute Gasteiger partial charge is 0.273 e. The normalized spacial score (nSPS) is 17.4. The summed E-state index contributed by atoms with van der Waals surface area (Å²) in [5.41, 5.74) is 1.01. The first kappa shape index (κ1) is 11.9. The molecule has 1 unspecified atom stereocenters. The second-order valence-electron chi connectivity index (χ2n) is 3.75. The fraction of sp³-hybridized carbons (Fsp3) is 0.154. The van der Waals surface area contributed by atoms with E-state index in [0.717, 1.165) is 5.56 Å². The van der Waals surface area contributed by atoms with E-state index in [9.17, 15) is 10.1 Å². The molecule has 1 aliphatic rings. The Morgan fingerprint density at radius 1 is 1.29 bits per heavy atom. The van der Waals surface area contributed by atoms with Crippen molar-refractivity contribution in [1.82, 2.24) is 0 Å². The van der Waals surface area contributed by atoms with Crippen molar-refractivity contribution in [1.29, 1.82) is 0 Å². The van der Waals surface area contributed by atoms with E-state index in [2.05, 4.69) is 17.7 Å². The van der Waals surface area contributed by atoms with Gasteiger partial charge in [0.15, 0.2) is 0 Å². The SMILES string of the molecule is [CH2]CC(c1ccccc1[N+](=O)[O-])[SH]1C=CC=C1. The Morgan fingerprint density at radius 2 is 1.94 bits per heavy atom. The Bertz CT molecular complexity index is 470. The van der Waals surface area contributed by atoms with Crippen molar-refractivity contribution in [3.05, 3.63) is 69.8 Å². The zero-order chi connectivity index (χ0) is 12.3. The lowest BCUT2D eigenvalue weighted by molar-refractivity contribution is -0.385. The maximum atomic E-state index is 11.0. The van der Waals surface area contributed by atoms with Crippen molar-refractivity contribution in [3.63, 3.8) is 0 Å². The van der Waals surface area contributed by atoms with Crippen molar-refractivity contribution in [2.45, 2.75) is 11.7 Å². The van der Waals surface area contributed by atoms with Gasteiger partial charge in [0.1, 0.15) is 0 Å². The lowest BCUT2D eigenvalue weighted by Crippen LogP contribution is -2.01. The number of hydrogen-bond donors (Lipinski definition) is 1. The summed E-state index contributed by atoms with van der Waals surface area (Å²) in [6.45, 7) is 3.93. The quantitative estimate of drug-likeness (QED) is 0.499. The van der Waals surface area contributed by atoms with Gasteiger partial charge in [-0.2, -0.15) is 0 Å². The first-order valence-corrected chi connectivity index (χ1v) is 6.94. The Labute approximate surface area is 103 Å². The number of nitrogens with zero attached hydrogens (tertiary/aromatic N) is 1. The van der Waals surface area contributed by atoms with Crippen LogP contribution in [0.2, 0.25) is 0 Å². The molecule has 0 fully saturated rings. The van der Waals surface area contributed by atoms with Gasteiger partial charge in [-0.15, -0.1) is 0 Å². The average molecular weight is 248 g/mol. The molecule has 1 atom stereocenters. The van der Waals surface area contributed by atoms with Crippen LogP contribution in [0.15, 0.2) is 47.2 Å². The molecule has 0 aliphatic carbocycles. The molecule has 1 aromatic carbocycles. The predicted octanol–water partition coefficient (Wildman–Crippen LogP) is 3.90. The molecule has 0 bridgehead atoms. The van der Waals surface area contributed by atoms with Gasteiger partial charge >= 0.3 is 0 Å². The molecule has 0 aromatic heterocycles. The van der Waals surface area contributed by atoms with E-state index in [-0.39, 0.29) is 15.9 Å². The maximum absolute atomic E-state index is 11.0. The van der Waals surface area contributed by atoms with E-state index in [4.69, 9.17) is 0 Å². The first-order valence-electron chi connectivity index (χ1n) is 5.39. The molecule has 0 N–H and O–H groups in total. The Kier molecular flexibility index (Phi) is 3.64. The summed E-state index contributed by atoms with van der Waals surface area (Å²) in [6.07, 6.45) is 4.68. The topological polar surface area (TPSA) is 43.1 Å². The van der Waals surface area contributed by atoms with Gasteiger partial charge in [-0.05, 0) is 17.2 Å². The minimum atomic E-state index is -0.454. The summed E-state index contributed by atoms with van der Waals surface area (Å²) in [7, 11) is -0.454. The lowest BCUT2D eigenvalue weighted by Gasteiger charge is -2.22. The highest BCUT2D eigenvalue weighted by atomic mass is 32.2. The Hall–Kier alpha value is -1.55. The van der Waals surface area contributed by atoms with Crippen molar-refractivity contribution >= 4 is 16.6 Å². The second-order valence-corrected chi connectivity index (χ2v) is 5.86. The molecular weight excluding hydrogens is 234 g/mol. The molecule has 0 saturated heterocycles. The van der Waals surface area contributed by atoms with Gasteiger partial charge in [0, 0.05) is 16.9 Å². The molecule has 0 saturated carbocycles. The van der Waals surface area contributed by atoms with Crippen molar-refractivity contribution in [2.24, 2.45) is 0 Å². The number of rotatable bonds is 4. The van der Waals surface area contributed by atoms with Crippen LogP contribution in [0.4, 0.5) is 5.69 Å². The van der Waals surface area contributed by atoms with Crippen molar-refractivity contribution in [3.8, 4) is 0 Å². The monoisotopic (exact) mass is 248 g/mol. The van der Waals surface area contributed by atoms with Gasteiger partial charge in [0.25, 0.3) is 5.69 Å². The third kappa shape index (κ3) is 2.42. The van der Waals surface area contributed by atoms with E-state index in [1.165, 1.54) is 0 Å². The number of hydrogen-bond acceptors (Lipinski definition) is 2. The van der Waals surface area contributed by atoms with E-state index in [1.54, 1.807) is 12.1 Å². The smallest absolute Gasteiger partial charge is 0.258 e. The molecule has 0 spiro atoms. The van der Waals surface area contributed by atoms with E-state index < -0.39 is 10.9 Å². The van der Waals surface area contributed by atoms with Gasteiger partial charge in [0.2, 0.25) is 0 Å². The van der Waals surface area contributed by atoms with E-state index in [1.807, 2.05) is 24.3 Å². The highest BCUT2D eigenvalue weighted by molar-refractivity contribution is 8.22. The third-order valence-corrected chi connectivity index (χ3v) is 5.04. The summed E-state index contributed by atoms with van der Waals surface area (Å²) in [4.78, 5) is 10.7. The van der Waals surface area contributed by atoms with Gasteiger partial charge in [-0.3, -0.25) is 10.1 Å². The standard InChI is InChI=1S/C13H14NO2S/c1-2-13(17-9-5-6-10-17)11-7-3-4-8-12(11)14(15)16/h3-10,13,17H,1-2H2. The van der Waals surface area contributed by atoms with Crippen molar-refractivity contribution in [2.75, 3.05) is 0 Å². The van der Waals surface area contributed by atoms with E-state index in [0.29, 0.717) is 6.42 Å². The molecule has 2 rings (SSSR count). The molecule has 1 aliphatic heterocycles. The zero-order valence-electron chi connectivity index (χ0n) is 9.32. The molecule has 89 valence electrons. The van der Waals surface area contributed by atoms with Crippen LogP contribution in [0.3, 0.4) is 0 Å². The van der Waals surface area contributed by atoms with Gasteiger partial charge in [0.05, 0.1) is 4.92 Å². The van der Waals surface area contributed by atoms with Crippen LogP contribution in [0.25, 0.3) is 0 Å². The Morgan fingerprint density at radius 3 is 2.53 bits per heavy atom. The molecule has 1 aromatic rings. The first-order chi connectivity index (χ1) is 8.24. The van der Waals surface area contributed by atoms with Crippen LogP contribution in [0.5, 0.6) is 0 Å². The van der Waals surface area contributed by atoms with Gasteiger partial charge in [-0.25, -0.2) is 10.9 Å². The van der Waals surface area contributed by atoms with Crippen molar-refractivity contribution < 1.29 is 4.92 Å². The van der Waals surface area contributed by atoms with Crippen LogP contribution >= 0.6 is 10.9 Å². The third-order valence-electron chi connectivity index (χ3n) is 2.75. The maximum Gasteiger partial charge on any atom is 0.273 e. The van der Waals surface area contributed by atoms with Crippen LogP contribution in [0, 0.1) is 17.0 Å². The second kappa shape index (κ2) is 5.19. The molecule has 3 nitrogen and oxygen atoms in total. The van der Waals surface area contributed by atoms with Gasteiger partial charge in [-0.1, -0.05) is 37.3 Å². The average Bonchev–Trinajstić information content (AvgIpc) is 2.84. The molecule has 1 heterocycles. The summed E-state index contributed by atoms with van der Waals surface area (Å²) >= 11 is 0. The molecule has 1 radical (unpaired) electrons. The van der Waals surface area contributed by atoms with E-state index >= 15 is 0 Å². The fourth-order valence-electron chi connectivity index (χ4n) is 1.96. The zero-order valence-corrected chi connectivity index (χ0v) is 10.2. The van der Waals surface area contributed by atoms with Crippen LogP contribution in [0.1, 0.15) is 17.2 Å². The molecule has 4 heteroatoms. The molecule has 17 heavy (non-hydrogen) atoms. The summed E-state index contributed by atoms with van der Waals surface area (Å²) in [6, 6.07) is 6.96. The van der Waals surface area contributed by atoms with Crippen LogP contribution < -0.4 is 0 Å².